The number of aliphatic hydroxyl groups excluding tert-OH is 1. The van der Waals surface area contributed by atoms with E-state index < -0.39 is 6.10 Å². The van der Waals surface area contributed by atoms with Gasteiger partial charge in [0.25, 0.3) is 0 Å². The Hall–Kier alpha value is -2.38. The van der Waals surface area contributed by atoms with E-state index in [0.29, 0.717) is 19.5 Å². The second-order valence-electron chi connectivity index (χ2n) is 8.80. The van der Waals surface area contributed by atoms with Gasteiger partial charge in [-0.15, -0.1) is 0 Å². The number of carbonyl (C=O) groups excluding carboxylic acids is 1. The number of fused-ring (bicyclic) bond motifs is 1. The molecular weight excluding hydrogens is 426 g/mol. The molecule has 2 unspecified atom stereocenters. The second-order valence-corrected chi connectivity index (χ2v) is 9.23. The topological polar surface area (TPSA) is 60.2 Å². The summed E-state index contributed by atoms with van der Waals surface area (Å²) in [4.78, 5) is 19.6. The van der Waals surface area contributed by atoms with Crippen LogP contribution >= 0.6 is 11.6 Å². The number of carbonyl (C=O) groups is 1. The molecule has 2 atom stereocenters. The largest absolute Gasteiger partial charge is 0.464 e. The number of hydrogen-bond donors (Lipinski definition) is 1. The van der Waals surface area contributed by atoms with Gasteiger partial charge in [0, 0.05) is 56.2 Å². The molecule has 2 aliphatic heterocycles. The fourth-order valence-corrected chi connectivity index (χ4v) is 5.04. The number of aliphatic hydroxyl groups is 1. The number of likely N-dealkylation sites (tertiary alicyclic amines) is 1. The normalized spacial score (nSPS) is 22.6. The van der Waals surface area contributed by atoms with Crippen LogP contribution in [-0.2, 0) is 17.8 Å². The summed E-state index contributed by atoms with van der Waals surface area (Å²) in [5.41, 5.74) is 3.02. The molecule has 1 amide bonds. The quantitative estimate of drug-likeness (QED) is 0.643. The van der Waals surface area contributed by atoms with Crippen LogP contribution in [0.1, 0.15) is 11.1 Å². The molecule has 0 bridgehead atoms. The summed E-state index contributed by atoms with van der Waals surface area (Å²) >= 11 is 5.98. The zero-order chi connectivity index (χ0) is 22.1. The molecule has 7 heteroatoms. The highest BCUT2D eigenvalue weighted by molar-refractivity contribution is 6.30. The molecule has 2 saturated heterocycles. The zero-order valence-electron chi connectivity index (χ0n) is 18.0. The first kappa shape index (κ1) is 21.5. The number of rotatable bonds is 5. The summed E-state index contributed by atoms with van der Waals surface area (Å²) in [7, 11) is 0. The molecule has 0 radical (unpaired) electrons. The van der Waals surface area contributed by atoms with E-state index in [9.17, 15) is 9.90 Å². The Morgan fingerprint density at radius 3 is 2.59 bits per heavy atom. The van der Waals surface area contributed by atoms with Crippen molar-refractivity contribution in [2.24, 2.45) is 0 Å². The van der Waals surface area contributed by atoms with Crippen molar-refractivity contribution < 1.29 is 14.3 Å². The average molecular weight is 454 g/mol. The van der Waals surface area contributed by atoms with E-state index >= 15 is 0 Å². The number of nitrogens with zero attached hydrogens (tertiary/aromatic N) is 3. The molecule has 2 aliphatic rings. The van der Waals surface area contributed by atoms with Crippen LogP contribution in [-0.4, -0.2) is 77.1 Å². The van der Waals surface area contributed by atoms with Crippen molar-refractivity contribution in [1.29, 1.82) is 0 Å². The fourth-order valence-electron chi connectivity index (χ4n) is 4.92. The Kier molecular flexibility index (Phi) is 6.20. The molecule has 3 heterocycles. The third-order valence-corrected chi connectivity index (χ3v) is 6.99. The zero-order valence-corrected chi connectivity index (χ0v) is 18.7. The summed E-state index contributed by atoms with van der Waals surface area (Å²) in [6.07, 6.45) is 1.47. The summed E-state index contributed by atoms with van der Waals surface area (Å²) in [6, 6.07) is 15.7. The third kappa shape index (κ3) is 4.55. The van der Waals surface area contributed by atoms with Crippen molar-refractivity contribution in [2.45, 2.75) is 25.1 Å². The van der Waals surface area contributed by atoms with Crippen LogP contribution in [0.15, 0.2) is 59.2 Å². The summed E-state index contributed by atoms with van der Waals surface area (Å²) < 4.78 is 5.45. The number of benzene rings is 2. The van der Waals surface area contributed by atoms with Gasteiger partial charge in [0.1, 0.15) is 5.58 Å². The number of amides is 1. The fraction of sp³-hybridized carbons (Fsp3) is 0.400. The number of β-amino-alcohol motifs (C(OH)–C–C–N with tert-alkyl or cyclic N) is 1. The Labute approximate surface area is 193 Å². The van der Waals surface area contributed by atoms with E-state index in [4.69, 9.17) is 16.0 Å². The van der Waals surface area contributed by atoms with Crippen LogP contribution in [0.4, 0.5) is 0 Å². The van der Waals surface area contributed by atoms with Gasteiger partial charge in [-0.25, -0.2) is 0 Å². The maximum absolute atomic E-state index is 13.0. The molecule has 3 aromatic rings. The van der Waals surface area contributed by atoms with E-state index in [1.54, 1.807) is 6.26 Å². The van der Waals surface area contributed by atoms with Crippen LogP contribution in [0.2, 0.25) is 5.02 Å². The SMILES string of the molecule is O=C(Cc1cccc2occc12)N1CC(O)C(N2CCN(Cc3ccc(Cl)cc3)CC2)C1. The van der Waals surface area contributed by atoms with Gasteiger partial charge < -0.3 is 14.4 Å². The number of piperazine rings is 1. The highest BCUT2D eigenvalue weighted by atomic mass is 35.5. The standard InChI is InChI=1S/C25H28ClN3O3/c26-20-6-4-18(5-7-20)15-27-9-11-28(12-10-27)22-16-29(17-23(22)30)25(31)14-19-2-1-3-24-21(19)8-13-32-24/h1-8,13,22-23,30H,9-12,14-17H2. The minimum absolute atomic E-state index is 0.00125. The maximum atomic E-state index is 13.0. The molecule has 5 rings (SSSR count). The molecule has 0 saturated carbocycles. The number of furan rings is 1. The Morgan fingerprint density at radius 2 is 1.81 bits per heavy atom. The molecule has 0 spiro atoms. The maximum Gasteiger partial charge on any atom is 0.227 e. The van der Waals surface area contributed by atoms with Crippen molar-refractivity contribution in [1.82, 2.24) is 14.7 Å². The van der Waals surface area contributed by atoms with Gasteiger partial charge in [-0.3, -0.25) is 14.6 Å². The molecule has 168 valence electrons. The molecule has 6 nitrogen and oxygen atoms in total. The van der Waals surface area contributed by atoms with Crippen LogP contribution in [0, 0.1) is 0 Å². The Bertz CT molecular complexity index is 1080. The number of halogens is 1. The van der Waals surface area contributed by atoms with Gasteiger partial charge in [-0.2, -0.15) is 0 Å². The lowest BCUT2D eigenvalue weighted by Crippen LogP contribution is -2.53. The van der Waals surface area contributed by atoms with E-state index in [2.05, 4.69) is 21.9 Å². The van der Waals surface area contributed by atoms with Crippen LogP contribution in [0.25, 0.3) is 11.0 Å². The monoisotopic (exact) mass is 453 g/mol. The minimum atomic E-state index is -0.508. The van der Waals surface area contributed by atoms with Crippen molar-refractivity contribution >= 4 is 28.5 Å². The summed E-state index contributed by atoms with van der Waals surface area (Å²) in [5, 5.41) is 12.5. The number of hydrogen-bond acceptors (Lipinski definition) is 5. The smallest absolute Gasteiger partial charge is 0.227 e. The van der Waals surface area contributed by atoms with E-state index in [1.165, 1.54) is 5.56 Å². The molecular formula is C25H28ClN3O3. The predicted octanol–water partition coefficient (Wildman–Crippen LogP) is 3.02. The highest BCUT2D eigenvalue weighted by Gasteiger charge is 2.38. The predicted molar refractivity (Wildman–Crippen MR) is 125 cm³/mol. The molecule has 1 aromatic heterocycles. The van der Waals surface area contributed by atoms with E-state index in [1.807, 2.05) is 41.3 Å². The van der Waals surface area contributed by atoms with Crippen LogP contribution in [0.5, 0.6) is 0 Å². The summed E-state index contributed by atoms with van der Waals surface area (Å²) in [5.74, 6) is 0.0571. The highest BCUT2D eigenvalue weighted by Crippen LogP contribution is 2.23. The Balaban J connectivity index is 1.15. The first-order chi connectivity index (χ1) is 15.6. The van der Waals surface area contributed by atoms with Gasteiger partial charge in [0.2, 0.25) is 5.91 Å². The van der Waals surface area contributed by atoms with Crippen molar-refractivity contribution in [2.75, 3.05) is 39.3 Å². The lowest BCUT2D eigenvalue weighted by molar-refractivity contribution is -0.129. The molecule has 1 N–H and O–H groups in total. The van der Waals surface area contributed by atoms with Gasteiger partial charge in [-0.1, -0.05) is 35.9 Å². The first-order valence-electron chi connectivity index (χ1n) is 11.2. The van der Waals surface area contributed by atoms with Gasteiger partial charge in [-0.05, 0) is 35.4 Å². The molecule has 2 aromatic carbocycles. The van der Waals surface area contributed by atoms with Gasteiger partial charge in [0.15, 0.2) is 0 Å². The van der Waals surface area contributed by atoms with Crippen LogP contribution in [0.3, 0.4) is 0 Å². The third-order valence-electron chi connectivity index (χ3n) is 6.73. The van der Waals surface area contributed by atoms with E-state index in [-0.39, 0.29) is 11.9 Å². The lowest BCUT2D eigenvalue weighted by Gasteiger charge is -2.38. The van der Waals surface area contributed by atoms with Crippen molar-refractivity contribution in [3.63, 3.8) is 0 Å². The van der Waals surface area contributed by atoms with Crippen LogP contribution < -0.4 is 0 Å². The lowest BCUT2D eigenvalue weighted by atomic mass is 10.1. The minimum Gasteiger partial charge on any atom is -0.464 e. The average Bonchev–Trinajstić information content (AvgIpc) is 3.43. The molecule has 32 heavy (non-hydrogen) atoms. The second kappa shape index (κ2) is 9.24. The van der Waals surface area contributed by atoms with Gasteiger partial charge in [0.05, 0.1) is 24.8 Å². The molecule has 0 aliphatic carbocycles. The molecule has 2 fully saturated rings. The van der Waals surface area contributed by atoms with Gasteiger partial charge >= 0.3 is 0 Å². The van der Waals surface area contributed by atoms with E-state index in [0.717, 1.165) is 54.3 Å². The van der Waals surface area contributed by atoms with Crippen molar-refractivity contribution in [3.05, 3.63) is 70.9 Å². The summed E-state index contributed by atoms with van der Waals surface area (Å²) in [6.45, 7) is 5.57. The Morgan fingerprint density at radius 1 is 1.03 bits per heavy atom. The first-order valence-corrected chi connectivity index (χ1v) is 11.6. The van der Waals surface area contributed by atoms with Crippen molar-refractivity contribution in [3.8, 4) is 0 Å².